The van der Waals surface area contributed by atoms with Gasteiger partial charge in [0.15, 0.2) is 0 Å². The number of nitrogens with zero attached hydrogens (tertiary/aromatic N) is 2. The van der Waals surface area contributed by atoms with E-state index >= 15 is 0 Å². The molecule has 2 heterocycles. The SMILES string of the molecule is CC(C)(C)OC(=O)N1CCCC(CNCc2cccc(Br)n2)C1. The number of carbonyl (C=O) groups excluding carboxylic acids is 1. The lowest BCUT2D eigenvalue weighted by atomic mass is 9.98. The number of carbonyl (C=O) groups is 1. The first-order valence-electron chi connectivity index (χ1n) is 8.13. The summed E-state index contributed by atoms with van der Waals surface area (Å²) in [5.41, 5.74) is 0.577. The zero-order chi connectivity index (χ0) is 16.9. The van der Waals surface area contributed by atoms with Gasteiger partial charge in [0.1, 0.15) is 10.2 Å². The van der Waals surface area contributed by atoms with Crippen molar-refractivity contribution in [2.24, 2.45) is 5.92 Å². The lowest BCUT2D eigenvalue weighted by Crippen LogP contribution is -2.45. The average molecular weight is 384 g/mol. The van der Waals surface area contributed by atoms with Crippen LogP contribution in [-0.2, 0) is 11.3 Å². The Morgan fingerprint density at radius 3 is 2.96 bits per heavy atom. The molecule has 6 heteroatoms. The number of likely N-dealkylation sites (tertiary alicyclic amines) is 1. The van der Waals surface area contributed by atoms with Crippen LogP contribution in [0.15, 0.2) is 22.8 Å². The van der Waals surface area contributed by atoms with E-state index < -0.39 is 5.60 Å². The predicted molar refractivity (Wildman–Crippen MR) is 94.2 cm³/mol. The van der Waals surface area contributed by atoms with Gasteiger partial charge in [-0.15, -0.1) is 0 Å². The van der Waals surface area contributed by atoms with Crippen molar-refractivity contribution in [1.29, 1.82) is 0 Å². The molecule has 1 fully saturated rings. The molecule has 23 heavy (non-hydrogen) atoms. The fourth-order valence-electron chi connectivity index (χ4n) is 2.68. The first-order chi connectivity index (χ1) is 10.8. The van der Waals surface area contributed by atoms with Crippen LogP contribution in [0.4, 0.5) is 4.79 Å². The fourth-order valence-corrected chi connectivity index (χ4v) is 3.06. The van der Waals surface area contributed by atoms with Crippen LogP contribution in [0, 0.1) is 5.92 Å². The van der Waals surface area contributed by atoms with E-state index in [0.29, 0.717) is 5.92 Å². The molecule has 1 amide bonds. The van der Waals surface area contributed by atoms with Crippen LogP contribution in [0.1, 0.15) is 39.3 Å². The van der Waals surface area contributed by atoms with Gasteiger partial charge in [-0.3, -0.25) is 0 Å². The summed E-state index contributed by atoms with van der Waals surface area (Å²) >= 11 is 3.38. The molecule has 5 nitrogen and oxygen atoms in total. The standard InChI is InChI=1S/C17H26BrN3O2/c1-17(2,3)23-16(22)21-9-5-6-13(12-21)10-19-11-14-7-4-8-15(18)20-14/h4,7-8,13,19H,5-6,9-12H2,1-3H3. The normalized spacial score (nSPS) is 18.8. The number of hydrogen-bond donors (Lipinski definition) is 1. The first kappa shape index (κ1) is 18.2. The van der Waals surface area contributed by atoms with Crippen molar-refractivity contribution in [3.05, 3.63) is 28.5 Å². The summed E-state index contributed by atoms with van der Waals surface area (Å²) in [4.78, 5) is 18.4. The van der Waals surface area contributed by atoms with Gasteiger partial charge in [-0.2, -0.15) is 0 Å². The van der Waals surface area contributed by atoms with E-state index in [0.717, 1.165) is 49.3 Å². The van der Waals surface area contributed by atoms with Crippen LogP contribution in [-0.4, -0.2) is 41.2 Å². The van der Waals surface area contributed by atoms with Crippen molar-refractivity contribution in [2.75, 3.05) is 19.6 Å². The highest BCUT2D eigenvalue weighted by Gasteiger charge is 2.27. The van der Waals surface area contributed by atoms with E-state index in [2.05, 4.69) is 26.2 Å². The minimum absolute atomic E-state index is 0.198. The predicted octanol–water partition coefficient (Wildman–Crippen LogP) is 3.58. The Labute approximate surface area is 146 Å². The van der Waals surface area contributed by atoms with Crippen molar-refractivity contribution in [3.63, 3.8) is 0 Å². The second-order valence-electron chi connectivity index (χ2n) is 7.02. The highest BCUT2D eigenvalue weighted by atomic mass is 79.9. The number of rotatable bonds is 4. The zero-order valence-corrected chi connectivity index (χ0v) is 15.7. The smallest absolute Gasteiger partial charge is 0.410 e. The lowest BCUT2D eigenvalue weighted by molar-refractivity contribution is 0.0166. The Morgan fingerprint density at radius 1 is 1.48 bits per heavy atom. The van der Waals surface area contributed by atoms with Gasteiger partial charge in [0.2, 0.25) is 0 Å². The van der Waals surface area contributed by atoms with Crippen LogP contribution < -0.4 is 5.32 Å². The number of halogens is 1. The fraction of sp³-hybridized carbons (Fsp3) is 0.647. The quantitative estimate of drug-likeness (QED) is 0.807. The number of piperidine rings is 1. The summed E-state index contributed by atoms with van der Waals surface area (Å²) in [6, 6.07) is 5.91. The molecule has 1 saturated heterocycles. The van der Waals surface area contributed by atoms with Gasteiger partial charge in [-0.1, -0.05) is 6.07 Å². The molecule has 0 aromatic carbocycles. The van der Waals surface area contributed by atoms with E-state index in [1.165, 1.54) is 0 Å². The minimum Gasteiger partial charge on any atom is -0.444 e. The van der Waals surface area contributed by atoms with Gasteiger partial charge in [0.25, 0.3) is 0 Å². The molecule has 1 atom stereocenters. The number of nitrogens with one attached hydrogen (secondary N) is 1. The van der Waals surface area contributed by atoms with E-state index in [9.17, 15) is 4.79 Å². The maximum Gasteiger partial charge on any atom is 0.410 e. The molecule has 1 aromatic rings. The second-order valence-corrected chi connectivity index (χ2v) is 7.83. The van der Waals surface area contributed by atoms with E-state index in [4.69, 9.17) is 4.74 Å². The highest BCUT2D eigenvalue weighted by Crippen LogP contribution is 2.19. The van der Waals surface area contributed by atoms with Crippen molar-refractivity contribution in [3.8, 4) is 0 Å². The van der Waals surface area contributed by atoms with Gasteiger partial charge in [0, 0.05) is 26.2 Å². The van der Waals surface area contributed by atoms with Crippen molar-refractivity contribution >= 4 is 22.0 Å². The van der Waals surface area contributed by atoms with Crippen molar-refractivity contribution in [2.45, 2.75) is 45.8 Å². The molecular weight excluding hydrogens is 358 g/mol. The van der Waals surface area contributed by atoms with Gasteiger partial charge >= 0.3 is 6.09 Å². The third-order valence-electron chi connectivity index (χ3n) is 3.68. The molecule has 0 spiro atoms. The summed E-state index contributed by atoms with van der Waals surface area (Å²) in [6.45, 7) is 8.87. The molecule has 1 N–H and O–H groups in total. The molecule has 2 rings (SSSR count). The lowest BCUT2D eigenvalue weighted by Gasteiger charge is -2.34. The topological polar surface area (TPSA) is 54.5 Å². The van der Waals surface area contributed by atoms with Crippen LogP contribution in [0.2, 0.25) is 0 Å². The maximum atomic E-state index is 12.2. The van der Waals surface area contributed by atoms with Crippen LogP contribution >= 0.6 is 15.9 Å². The van der Waals surface area contributed by atoms with Crippen molar-refractivity contribution in [1.82, 2.24) is 15.2 Å². The molecule has 1 aliphatic heterocycles. The molecule has 1 unspecified atom stereocenters. The number of ether oxygens (including phenoxy) is 1. The maximum absolute atomic E-state index is 12.2. The van der Waals surface area contributed by atoms with Crippen molar-refractivity contribution < 1.29 is 9.53 Å². The number of pyridine rings is 1. The van der Waals surface area contributed by atoms with Gasteiger partial charge < -0.3 is 15.0 Å². The summed E-state index contributed by atoms with van der Waals surface area (Å²) in [5.74, 6) is 0.462. The summed E-state index contributed by atoms with van der Waals surface area (Å²) < 4.78 is 6.32. The molecule has 0 bridgehead atoms. The van der Waals surface area contributed by atoms with Gasteiger partial charge in [-0.25, -0.2) is 9.78 Å². The Bertz CT molecular complexity index is 531. The summed E-state index contributed by atoms with van der Waals surface area (Å²) in [7, 11) is 0. The number of aromatic nitrogens is 1. The molecule has 0 saturated carbocycles. The largest absolute Gasteiger partial charge is 0.444 e. The van der Waals surface area contributed by atoms with Crippen LogP contribution in [0.3, 0.4) is 0 Å². The molecule has 0 radical (unpaired) electrons. The minimum atomic E-state index is -0.436. The van der Waals surface area contributed by atoms with E-state index in [-0.39, 0.29) is 6.09 Å². The van der Waals surface area contributed by atoms with Gasteiger partial charge in [0.05, 0.1) is 5.69 Å². The third-order valence-corrected chi connectivity index (χ3v) is 4.12. The highest BCUT2D eigenvalue weighted by molar-refractivity contribution is 9.10. The van der Waals surface area contributed by atoms with E-state index in [1.807, 2.05) is 43.9 Å². The average Bonchev–Trinajstić information content (AvgIpc) is 2.46. The first-order valence-corrected chi connectivity index (χ1v) is 8.93. The Balaban J connectivity index is 1.76. The molecule has 128 valence electrons. The second kappa shape index (κ2) is 8.11. The monoisotopic (exact) mass is 383 g/mol. The van der Waals surface area contributed by atoms with Gasteiger partial charge in [-0.05, 0) is 67.6 Å². The molecular formula is C17H26BrN3O2. The Kier molecular flexibility index (Phi) is 6.41. The molecule has 1 aliphatic rings. The van der Waals surface area contributed by atoms with E-state index in [1.54, 1.807) is 0 Å². The zero-order valence-electron chi connectivity index (χ0n) is 14.1. The Morgan fingerprint density at radius 2 is 2.26 bits per heavy atom. The van der Waals surface area contributed by atoms with Crippen LogP contribution in [0.5, 0.6) is 0 Å². The Hall–Kier alpha value is -1.14. The molecule has 1 aromatic heterocycles. The summed E-state index contributed by atoms with van der Waals surface area (Å²) in [5, 5.41) is 3.44. The summed E-state index contributed by atoms with van der Waals surface area (Å²) in [6.07, 6.45) is 1.97. The third kappa shape index (κ3) is 6.47. The number of amides is 1. The molecule has 0 aliphatic carbocycles. The van der Waals surface area contributed by atoms with Crippen LogP contribution in [0.25, 0.3) is 0 Å². The number of hydrogen-bond acceptors (Lipinski definition) is 4.